The van der Waals surface area contributed by atoms with Gasteiger partial charge in [-0.15, -0.1) is 0 Å². The van der Waals surface area contributed by atoms with Crippen LogP contribution in [0.3, 0.4) is 0 Å². The summed E-state index contributed by atoms with van der Waals surface area (Å²) < 4.78 is 24.8. The summed E-state index contributed by atoms with van der Waals surface area (Å²) in [5.41, 5.74) is 0.905. The smallest absolute Gasteiger partial charge is 0.266 e. The highest BCUT2D eigenvalue weighted by Gasteiger charge is 2.30. The maximum absolute atomic E-state index is 13.9. The number of amides is 1. The second-order valence-corrected chi connectivity index (χ2v) is 6.92. The van der Waals surface area contributed by atoms with Gasteiger partial charge in [-0.2, -0.15) is 5.26 Å². The van der Waals surface area contributed by atoms with E-state index in [0.717, 1.165) is 5.56 Å². The van der Waals surface area contributed by atoms with Crippen LogP contribution in [0, 0.1) is 17.1 Å². The first-order valence-corrected chi connectivity index (χ1v) is 9.62. The van der Waals surface area contributed by atoms with Crippen molar-refractivity contribution in [1.82, 2.24) is 4.90 Å². The number of thioether (sulfide) groups is 1. The molecule has 0 N–H and O–H groups in total. The maximum Gasteiger partial charge on any atom is 0.266 e. The molecule has 0 saturated carbocycles. The molecule has 1 heterocycles. The van der Waals surface area contributed by atoms with E-state index in [4.69, 9.17) is 14.7 Å². The van der Waals surface area contributed by atoms with Crippen molar-refractivity contribution in [1.29, 1.82) is 5.26 Å². The molecule has 6 nitrogen and oxygen atoms in total. The highest BCUT2D eigenvalue weighted by atomic mass is 32.2. The minimum atomic E-state index is -0.451. The Hall–Kier alpha value is -3.31. The number of ether oxygens (including phenoxy) is 2. The molecule has 1 aliphatic rings. The number of nitriles is 1. The second kappa shape index (κ2) is 9.26. The first-order chi connectivity index (χ1) is 14.0. The molecule has 0 atom stereocenters. The van der Waals surface area contributed by atoms with E-state index in [2.05, 4.69) is 4.99 Å². The molecular formula is C21H18FN3O3S. The van der Waals surface area contributed by atoms with Crippen LogP contribution in [-0.4, -0.2) is 36.2 Å². The lowest BCUT2D eigenvalue weighted by Gasteiger charge is -2.10. The molecule has 0 aliphatic carbocycles. The third kappa shape index (κ3) is 4.76. The van der Waals surface area contributed by atoms with Gasteiger partial charge < -0.3 is 9.47 Å². The normalized spacial score (nSPS) is 16.3. The van der Waals surface area contributed by atoms with Gasteiger partial charge in [-0.1, -0.05) is 18.2 Å². The number of rotatable bonds is 6. The Labute approximate surface area is 172 Å². The van der Waals surface area contributed by atoms with Crippen molar-refractivity contribution in [3.05, 3.63) is 58.8 Å². The van der Waals surface area contributed by atoms with Crippen molar-refractivity contribution < 1.29 is 18.7 Å². The van der Waals surface area contributed by atoms with Crippen LogP contribution >= 0.6 is 11.8 Å². The van der Waals surface area contributed by atoms with Crippen molar-refractivity contribution in [2.45, 2.75) is 6.92 Å². The molecular weight excluding hydrogens is 393 g/mol. The molecule has 2 aromatic carbocycles. The van der Waals surface area contributed by atoms with Crippen LogP contribution < -0.4 is 9.47 Å². The van der Waals surface area contributed by atoms with E-state index >= 15 is 0 Å². The lowest BCUT2D eigenvalue weighted by Crippen LogP contribution is -2.23. The summed E-state index contributed by atoms with van der Waals surface area (Å²) in [7, 11) is 1.60. The summed E-state index contributed by atoms with van der Waals surface area (Å²) >= 11 is 1.17. The van der Waals surface area contributed by atoms with E-state index in [-0.39, 0.29) is 18.2 Å². The number of carbonyl (C=O) groups is 1. The van der Waals surface area contributed by atoms with Crippen molar-refractivity contribution in [2.75, 3.05) is 20.3 Å². The lowest BCUT2D eigenvalue weighted by atomic mass is 10.2. The second-order valence-electron chi connectivity index (χ2n) is 5.91. The molecule has 29 heavy (non-hydrogen) atoms. The van der Waals surface area contributed by atoms with Crippen molar-refractivity contribution in [3.63, 3.8) is 0 Å². The first-order valence-electron chi connectivity index (χ1n) is 8.81. The predicted molar refractivity (Wildman–Crippen MR) is 111 cm³/mol. The summed E-state index contributed by atoms with van der Waals surface area (Å²) in [5.74, 6) is 0.266. The number of halogens is 1. The summed E-state index contributed by atoms with van der Waals surface area (Å²) in [4.78, 5) is 18.7. The number of hydrogen-bond donors (Lipinski definition) is 0. The molecule has 1 fully saturated rings. The average Bonchev–Trinajstić information content (AvgIpc) is 2.97. The van der Waals surface area contributed by atoms with Gasteiger partial charge in [0.05, 0.1) is 11.5 Å². The third-order valence-corrected chi connectivity index (χ3v) is 4.99. The summed E-state index contributed by atoms with van der Waals surface area (Å²) in [6.45, 7) is 2.18. The van der Waals surface area contributed by atoms with Gasteiger partial charge >= 0.3 is 0 Å². The molecule has 1 aliphatic heterocycles. The molecule has 0 spiro atoms. The zero-order valence-electron chi connectivity index (χ0n) is 15.9. The largest absolute Gasteiger partial charge is 0.490 e. The molecule has 1 saturated heterocycles. The van der Waals surface area contributed by atoms with Crippen molar-refractivity contribution in [3.8, 4) is 17.6 Å². The minimum absolute atomic E-state index is 0.0878. The van der Waals surface area contributed by atoms with Gasteiger partial charge in [0.1, 0.15) is 17.6 Å². The van der Waals surface area contributed by atoms with Gasteiger partial charge in [-0.05, 0) is 54.6 Å². The number of carbonyl (C=O) groups excluding carboxylic acids is 1. The fourth-order valence-electron chi connectivity index (χ4n) is 2.56. The average molecular weight is 411 g/mol. The van der Waals surface area contributed by atoms with Crippen molar-refractivity contribution >= 4 is 34.6 Å². The molecule has 1 amide bonds. The van der Waals surface area contributed by atoms with Gasteiger partial charge in [0.2, 0.25) is 0 Å². The number of aliphatic imine (C=N–C) groups is 1. The standard InChI is InChI=1S/C21H18FN3O3S/c1-3-27-18-12-14(8-9-17(18)28-11-10-23)13-19-20(26)25(2)21(29-19)24-16-7-5-4-6-15(16)22/h4-9,12-13H,3,11H2,1-2H3/b19-13+,24-21?. The Morgan fingerprint density at radius 3 is 2.76 bits per heavy atom. The molecule has 2 aromatic rings. The maximum atomic E-state index is 13.9. The SMILES string of the molecule is CCOc1cc(/C=C2/SC(=Nc3ccccc3F)N(C)C2=O)ccc1OCC#N. The zero-order chi connectivity index (χ0) is 20.8. The van der Waals surface area contributed by atoms with Crippen LogP contribution in [0.15, 0.2) is 52.4 Å². The fourth-order valence-corrected chi connectivity index (χ4v) is 3.54. The van der Waals surface area contributed by atoms with Crippen LogP contribution in [0.4, 0.5) is 10.1 Å². The van der Waals surface area contributed by atoms with Crippen LogP contribution in [0.1, 0.15) is 12.5 Å². The third-order valence-electron chi connectivity index (χ3n) is 3.93. The number of benzene rings is 2. The van der Waals surface area contributed by atoms with Gasteiger partial charge in [-0.25, -0.2) is 9.38 Å². The van der Waals surface area contributed by atoms with Crippen LogP contribution in [0.2, 0.25) is 0 Å². The Bertz CT molecular complexity index is 1030. The topological polar surface area (TPSA) is 74.9 Å². The van der Waals surface area contributed by atoms with E-state index in [0.29, 0.717) is 28.2 Å². The molecule has 0 unspecified atom stereocenters. The van der Waals surface area contributed by atoms with Crippen LogP contribution in [0.25, 0.3) is 6.08 Å². The molecule has 0 aromatic heterocycles. The fraction of sp³-hybridized carbons (Fsp3) is 0.190. The quantitative estimate of drug-likeness (QED) is 0.660. The lowest BCUT2D eigenvalue weighted by molar-refractivity contribution is -0.121. The van der Waals surface area contributed by atoms with Gasteiger partial charge in [-0.3, -0.25) is 9.69 Å². The number of para-hydroxylation sites is 1. The number of hydrogen-bond acceptors (Lipinski definition) is 6. The number of nitrogens with zero attached hydrogens (tertiary/aromatic N) is 3. The summed E-state index contributed by atoms with van der Waals surface area (Å²) in [5, 5.41) is 9.08. The van der Waals surface area contributed by atoms with Gasteiger partial charge in [0, 0.05) is 7.05 Å². The number of amidine groups is 1. The molecule has 148 valence electrons. The highest BCUT2D eigenvalue weighted by Crippen LogP contribution is 2.35. The van der Waals surface area contributed by atoms with E-state index in [9.17, 15) is 9.18 Å². The minimum Gasteiger partial charge on any atom is -0.490 e. The van der Waals surface area contributed by atoms with E-state index < -0.39 is 5.82 Å². The number of likely N-dealkylation sites (N-methyl/N-ethyl adjacent to an activating group) is 1. The van der Waals surface area contributed by atoms with E-state index in [1.165, 1.54) is 22.7 Å². The molecule has 8 heteroatoms. The van der Waals surface area contributed by atoms with E-state index in [1.807, 2.05) is 13.0 Å². The Morgan fingerprint density at radius 1 is 1.24 bits per heavy atom. The molecule has 0 radical (unpaired) electrons. The van der Waals surface area contributed by atoms with E-state index in [1.54, 1.807) is 49.5 Å². The summed E-state index contributed by atoms with van der Waals surface area (Å²) in [6.07, 6.45) is 1.71. The monoisotopic (exact) mass is 411 g/mol. The van der Waals surface area contributed by atoms with Gasteiger partial charge in [0.25, 0.3) is 5.91 Å². The molecule has 3 rings (SSSR count). The predicted octanol–water partition coefficient (Wildman–Crippen LogP) is 4.36. The summed E-state index contributed by atoms with van der Waals surface area (Å²) in [6, 6.07) is 13.3. The van der Waals surface area contributed by atoms with Gasteiger partial charge in [0.15, 0.2) is 23.3 Å². The molecule has 0 bridgehead atoms. The highest BCUT2D eigenvalue weighted by molar-refractivity contribution is 8.18. The Kier molecular flexibility index (Phi) is 6.52. The Morgan fingerprint density at radius 2 is 2.03 bits per heavy atom. The van der Waals surface area contributed by atoms with Crippen LogP contribution in [0.5, 0.6) is 11.5 Å². The first kappa shape index (κ1) is 20.4. The Balaban J connectivity index is 1.88. The van der Waals surface area contributed by atoms with Crippen molar-refractivity contribution in [2.24, 2.45) is 4.99 Å². The van der Waals surface area contributed by atoms with Crippen LogP contribution in [-0.2, 0) is 4.79 Å². The zero-order valence-corrected chi connectivity index (χ0v) is 16.7.